The van der Waals surface area contributed by atoms with Crippen LogP contribution in [0.15, 0.2) is 18.2 Å². The molecule has 2 saturated carbocycles. The Morgan fingerprint density at radius 1 is 1.15 bits per heavy atom. The minimum atomic E-state index is -0.764. The lowest BCUT2D eigenvalue weighted by atomic mass is 9.78. The van der Waals surface area contributed by atoms with Crippen molar-refractivity contribution in [3.05, 3.63) is 34.6 Å². The third kappa shape index (κ3) is 4.03. The van der Waals surface area contributed by atoms with Crippen LogP contribution in [0.1, 0.15) is 56.9 Å². The second kappa shape index (κ2) is 7.95. The van der Waals surface area contributed by atoms with Gasteiger partial charge in [0.2, 0.25) is 5.91 Å². The van der Waals surface area contributed by atoms with E-state index in [1.807, 2.05) is 0 Å². The molecule has 2 aliphatic carbocycles. The molecule has 6 heteroatoms. The molecule has 2 fully saturated rings. The number of carboxylic acids is 1. The van der Waals surface area contributed by atoms with Gasteiger partial charge in [-0.1, -0.05) is 30.5 Å². The topological polar surface area (TPSA) is 66.4 Å². The average Bonchev–Trinajstić information content (AvgIpc) is 3.09. The van der Waals surface area contributed by atoms with E-state index in [0.29, 0.717) is 37.3 Å². The fourth-order valence-electron chi connectivity index (χ4n) is 4.52. The second-order valence-corrected chi connectivity index (χ2v) is 8.12. The molecule has 0 spiro atoms. The van der Waals surface area contributed by atoms with Crippen molar-refractivity contribution in [3.63, 3.8) is 0 Å². The predicted molar refractivity (Wildman–Crippen MR) is 97.6 cm³/mol. The number of aliphatic carboxylic acids is 1. The highest BCUT2D eigenvalue weighted by Gasteiger charge is 2.38. The second-order valence-electron chi connectivity index (χ2n) is 7.72. The van der Waals surface area contributed by atoms with Gasteiger partial charge in [-0.3, -0.25) is 9.59 Å². The van der Waals surface area contributed by atoms with Gasteiger partial charge in [0.1, 0.15) is 5.82 Å². The first-order valence-corrected chi connectivity index (χ1v) is 9.75. The molecule has 1 aromatic carbocycles. The normalized spacial score (nSPS) is 25.0. The molecule has 0 saturated heterocycles. The SMILES string of the molecule is O=C(O)C1CCC(C(=O)NCC2(c3ccc(F)cc3Cl)CCCC2)CC1. The van der Waals surface area contributed by atoms with Gasteiger partial charge in [-0.05, 0) is 56.2 Å². The van der Waals surface area contributed by atoms with E-state index in [1.165, 1.54) is 12.1 Å². The van der Waals surface area contributed by atoms with E-state index in [4.69, 9.17) is 16.7 Å². The smallest absolute Gasteiger partial charge is 0.306 e. The lowest BCUT2D eigenvalue weighted by Crippen LogP contribution is -2.42. The predicted octanol–water partition coefficient (Wildman–Crippen LogP) is 4.30. The first-order valence-electron chi connectivity index (χ1n) is 9.37. The summed E-state index contributed by atoms with van der Waals surface area (Å²) in [6.07, 6.45) is 6.32. The Morgan fingerprint density at radius 3 is 2.35 bits per heavy atom. The fraction of sp³-hybridized carbons (Fsp3) is 0.600. The number of benzene rings is 1. The van der Waals surface area contributed by atoms with Crippen LogP contribution >= 0.6 is 11.6 Å². The van der Waals surface area contributed by atoms with Gasteiger partial charge in [0.25, 0.3) is 0 Å². The van der Waals surface area contributed by atoms with E-state index in [9.17, 15) is 14.0 Å². The summed E-state index contributed by atoms with van der Waals surface area (Å²) in [7, 11) is 0. The maximum Gasteiger partial charge on any atom is 0.306 e. The molecule has 1 aromatic rings. The molecule has 1 amide bonds. The van der Waals surface area contributed by atoms with Gasteiger partial charge in [-0.25, -0.2) is 4.39 Å². The molecule has 3 rings (SSSR count). The van der Waals surface area contributed by atoms with Crippen molar-refractivity contribution < 1.29 is 19.1 Å². The Bertz CT molecular complexity index is 680. The highest BCUT2D eigenvalue weighted by molar-refractivity contribution is 6.31. The van der Waals surface area contributed by atoms with Gasteiger partial charge in [0, 0.05) is 22.9 Å². The molecule has 0 unspecified atom stereocenters. The zero-order valence-corrected chi connectivity index (χ0v) is 15.5. The van der Waals surface area contributed by atoms with Crippen LogP contribution in [-0.4, -0.2) is 23.5 Å². The largest absolute Gasteiger partial charge is 0.481 e. The maximum atomic E-state index is 13.4. The quantitative estimate of drug-likeness (QED) is 0.799. The first kappa shape index (κ1) is 19.2. The van der Waals surface area contributed by atoms with Crippen LogP contribution in [0.4, 0.5) is 4.39 Å². The monoisotopic (exact) mass is 381 g/mol. The molecule has 2 N–H and O–H groups in total. The van der Waals surface area contributed by atoms with Crippen molar-refractivity contribution >= 4 is 23.5 Å². The molecule has 2 aliphatic rings. The summed E-state index contributed by atoms with van der Waals surface area (Å²) in [5, 5.41) is 12.6. The molecule has 0 heterocycles. The first-order chi connectivity index (χ1) is 12.4. The molecule has 0 aliphatic heterocycles. The number of amides is 1. The Morgan fingerprint density at radius 2 is 1.77 bits per heavy atom. The van der Waals surface area contributed by atoms with Crippen molar-refractivity contribution in [2.75, 3.05) is 6.54 Å². The van der Waals surface area contributed by atoms with E-state index in [2.05, 4.69) is 5.32 Å². The molecule has 0 atom stereocenters. The number of nitrogens with one attached hydrogen (secondary N) is 1. The summed E-state index contributed by atoms with van der Waals surface area (Å²) in [6.45, 7) is 0.496. The van der Waals surface area contributed by atoms with Gasteiger partial charge in [-0.15, -0.1) is 0 Å². The highest BCUT2D eigenvalue weighted by Crippen LogP contribution is 2.43. The number of rotatable bonds is 5. The third-order valence-electron chi connectivity index (χ3n) is 6.11. The molecule has 4 nitrogen and oxygen atoms in total. The minimum Gasteiger partial charge on any atom is -0.481 e. The minimum absolute atomic E-state index is 0.00153. The fourth-order valence-corrected chi connectivity index (χ4v) is 4.88. The third-order valence-corrected chi connectivity index (χ3v) is 6.42. The highest BCUT2D eigenvalue weighted by atomic mass is 35.5. The van der Waals surface area contributed by atoms with Gasteiger partial charge in [-0.2, -0.15) is 0 Å². The van der Waals surface area contributed by atoms with E-state index >= 15 is 0 Å². The van der Waals surface area contributed by atoms with Crippen LogP contribution in [0, 0.1) is 17.7 Å². The van der Waals surface area contributed by atoms with Gasteiger partial charge in [0.15, 0.2) is 0 Å². The van der Waals surface area contributed by atoms with E-state index in [-0.39, 0.29) is 29.0 Å². The molecule has 26 heavy (non-hydrogen) atoms. The maximum absolute atomic E-state index is 13.4. The molecular formula is C20H25ClFNO3. The number of halogens is 2. The summed E-state index contributed by atoms with van der Waals surface area (Å²) in [5.74, 6) is -1.56. The Labute approximate surface area is 158 Å². The van der Waals surface area contributed by atoms with Crippen molar-refractivity contribution in [1.29, 1.82) is 0 Å². The van der Waals surface area contributed by atoms with Crippen LogP contribution in [0.25, 0.3) is 0 Å². The summed E-state index contributed by atoms with van der Waals surface area (Å²) >= 11 is 6.30. The standard InChI is InChI=1S/C20H25ClFNO3/c21-17-11-15(22)7-8-16(17)20(9-1-2-10-20)12-23-18(24)13-3-5-14(6-4-13)19(25)26/h7-8,11,13-14H,1-6,9-10,12H2,(H,23,24)(H,25,26). The van der Waals surface area contributed by atoms with Crippen molar-refractivity contribution in [1.82, 2.24) is 5.32 Å². The summed E-state index contributed by atoms with van der Waals surface area (Å²) in [5.41, 5.74) is 0.673. The van der Waals surface area contributed by atoms with E-state index < -0.39 is 5.97 Å². The van der Waals surface area contributed by atoms with E-state index in [1.54, 1.807) is 6.07 Å². The zero-order chi connectivity index (χ0) is 18.7. The van der Waals surface area contributed by atoms with Crippen molar-refractivity contribution in [2.24, 2.45) is 11.8 Å². The van der Waals surface area contributed by atoms with Crippen LogP contribution in [-0.2, 0) is 15.0 Å². The Hall–Kier alpha value is -1.62. The number of carbonyl (C=O) groups excluding carboxylic acids is 1. The van der Waals surface area contributed by atoms with Crippen molar-refractivity contribution in [3.8, 4) is 0 Å². The van der Waals surface area contributed by atoms with Crippen LogP contribution < -0.4 is 5.32 Å². The molecule has 0 radical (unpaired) electrons. The van der Waals surface area contributed by atoms with Crippen molar-refractivity contribution in [2.45, 2.75) is 56.8 Å². The number of hydrogen-bond acceptors (Lipinski definition) is 2. The Kier molecular flexibility index (Phi) is 5.86. The van der Waals surface area contributed by atoms with Crippen LogP contribution in [0.5, 0.6) is 0 Å². The number of carboxylic acid groups (broad SMARTS) is 1. The number of hydrogen-bond donors (Lipinski definition) is 2. The zero-order valence-electron chi connectivity index (χ0n) is 14.8. The summed E-state index contributed by atoms with van der Waals surface area (Å²) in [6, 6.07) is 4.51. The lowest BCUT2D eigenvalue weighted by Gasteiger charge is -2.32. The van der Waals surface area contributed by atoms with E-state index in [0.717, 1.165) is 31.2 Å². The van der Waals surface area contributed by atoms with Crippen LogP contribution in [0.3, 0.4) is 0 Å². The summed E-state index contributed by atoms with van der Waals surface area (Å²) in [4.78, 5) is 23.6. The van der Waals surface area contributed by atoms with Gasteiger partial charge >= 0.3 is 5.97 Å². The molecule has 0 aromatic heterocycles. The Balaban J connectivity index is 1.64. The molecule has 0 bridgehead atoms. The molecule has 142 valence electrons. The average molecular weight is 382 g/mol. The number of carbonyl (C=O) groups is 2. The van der Waals surface area contributed by atoms with Gasteiger partial charge in [0.05, 0.1) is 5.92 Å². The molecular weight excluding hydrogens is 357 g/mol. The van der Waals surface area contributed by atoms with Crippen LogP contribution in [0.2, 0.25) is 5.02 Å². The summed E-state index contributed by atoms with van der Waals surface area (Å²) < 4.78 is 13.4. The van der Waals surface area contributed by atoms with Gasteiger partial charge < -0.3 is 10.4 Å². The lowest BCUT2D eigenvalue weighted by molar-refractivity contribution is -0.144.